The Morgan fingerprint density at radius 3 is 2.80 bits per heavy atom. The zero-order valence-electron chi connectivity index (χ0n) is 15.1. The number of nitrogens with one attached hydrogen (secondary N) is 1. The van der Waals surface area contributed by atoms with Crippen molar-refractivity contribution in [3.8, 4) is 0 Å². The number of aromatic nitrogens is 5. The molecule has 1 N–H and O–H groups in total. The smallest absolute Gasteiger partial charge is 0.225 e. The van der Waals surface area contributed by atoms with Crippen molar-refractivity contribution in [2.75, 3.05) is 25.0 Å². The second-order valence-corrected chi connectivity index (χ2v) is 6.68. The first kappa shape index (κ1) is 17.3. The van der Waals surface area contributed by atoms with Gasteiger partial charge in [0.2, 0.25) is 11.9 Å². The third kappa shape index (κ3) is 4.32. The third-order valence-corrected chi connectivity index (χ3v) is 4.55. The molecule has 1 aliphatic heterocycles. The number of rotatable bonds is 6. The minimum atomic E-state index is 0.181. The molecule has 0 aromatic carbocycles. The van der Waals surface area contributed by atoms with Crippen molar-refractivity contribution in [3.63, 3.8) is 0 Å². The average molecular weight is 343 g/mol. The van der Waals surface area contributed by atoms with Gasteiger partial charge in [-0.15, -0.1) is 0 Å². The van der Waals surface area contributed by atoms with Crippen LogP contribution in [0.15, 0.2) is 12.3 Å². The molecule has 8 heteroatoms. The van der Waals surface area contributed by atoms with E-state index >= 15 is 0 Å². The molecule has 134 valence electrons. The van der Waals surface area contributed by atoms with Crippen LogP contribution in [0, 0.1) is 13.8 Å². The first-order valence-electron chi connectivity index (χ1n) is 8.70. The molecule has 0 saturated carbocycles. The predicted molar refractivity (Wildman–Crippen MR) is 94.2 cm³/mol. The van der Waals surface area contributed by atoms with Gasteiger partial charge in [0, 0.05) is 50.4 Å². The van der Waals surface area contributed by atoms with Gasteiger partial charge >= 0.3 is 0 Å². The first-order valence-corrected chi connectivity index (χ1v) is 8.70. The summed E-state index contributed by atoms with van der Waals surface area (Å²) in [7, 11) is 1.99. The predicted octanol–water partition coefficient (Wildman–Crippen LogP) is 1.27. The van der Waals surface area contributed by atoms with Crippen LogP contribution in [0.4, 0.5) is 5.95 Å². The lowest BCUT2D eigenvalue weighted by molar-refractivity contribution is -0.131. The second-order valence-electron chi connectivity index (χ2n) is 6.68. The van der Waals surface area contributed by atoms with Gasteiger partial charge in [-0.05, 0) is 32.8 Å². The molecule has 1 atom stereocenters. The van der Waals surface area contributed by atoms with Gasteiger partial charge in [0.15, 0.2) is 0 Å². The highest BCUT2D eigenvalue weighted by Crippen LogP contribution is 2.21. The maximum atomic E-state index is 12.6. The molecule has 0 radical (unpaired) electrons. The van der Waals surface area contributed by atoms with E-state index in [1.54, 1.807) is 6.20 Å². The SMILES string of the molecule is Cc1cc(C)nc(N(C)CC2CCCN2C(=O)CCc2cn[nH]n2)n1. The van der Waals surface area contributed by atoms with Crippen molar-refractivity contribution in [1.29, 1.82) is 0 Å². The van der Waals surface area contributed by atoms with E-state index in [-0.39, 0.29) is 11.9 Å². The second kappa shape index (κ2) is 7.58. The monoisotopic (exact) mass is 343 g/mol. The fourth-order valence-corrected chi connectivity index (χ4v) is 3.35. The van der Waals surface area contributed by atoms with Gasteiger partial charge in [-0.3, -0.25) is 4.79 Å². The number of anilines is 1. The molecule has 25 heavy (non-hydrogen) atoms. The Hall–Kier alpha value is -2.51. The first-order chi connectivity index (χ1) is 12.0. The maximum Gasteiger partial charge on any atom is 0.225 e. The van der Waals surface area contributed by atoms with E-state index in [0.29, 0.717) is 12.8 Å². The van der Waals surface area contributed by atoms with Crippen molar-refractivity contribution in [2.45, 2.75) is 45.6 Å². The summed E-state index contributed by atoms with van der Waals surface area (Å²) in [5.74, 6) is 0.902. The van der Waals surface area contributed by atoms with Crippen LogP contribution < -0.4 is 4.90 Å². The number of nitrogens with zero attached hydrogens (tertiary/aromatic N) is 6. The van der Waals surface area contributed by atoms with Crippen molar-refractivity contribution in [1.82, 2.24) is 30.3 Å². The van der Waals surface area contributed by atoms with Crippen molar-refractivity contribution in [3.05, 3.63) is 29.3 Å². The molecule has 0 aliphatic carbocycles. The Morgan fingerprint density at radius 1 is 1.36 bits per heavy atom. The summed E-state index contributed by atoms with van der Waals surface area (Å²) in [4.78, 5) is 25.7. The zero-order chi connectivity index (χ0) is 17.8. The van der Waals surface area contributed by atoms with Crippen LogP contribution in [0.25, 0.3) is 0 Å². The molecule has 2 aromatic rings. The molecule has 2 aromatic heterocycles. The summed E-state index contributed by atoms with van der Waals surface area (Å²) in [5, 5.41) is 10.4. The van der Waals surface area contributed by atoms with Crippen LogP contribution >= 0.6 is 0 Å². The lowest BCUT2D eigenvalue weighted by atomic mass is 10.2. The molecular formula is C17H25N7O. The Bertz CT molecular complexity index is 696. The number of likely N-dealkylation sites (N-methyl/N-ethyl adjacent to an activating group) is 1. The fourth-order valence-electron chi connectivity index (χ4n) is 3.35. The van der Waals surface area contributed by atoms with Crippen molar-refractivity contribution < 1.29 is 4.79 Å². The molecule has 0 spiro atoms. The molecule has 8 nitrogen and oxygen atoms in total. The summed E-state index contributed by atoms with van der Waals surface area (Å²) >= 11 is 0. The fraction of sp³-hybridized carbons (Fsp3) is 0.588. The van der Waals surface area contributed by atoms with E-state index in [4.69, 9.17) is 0 Å². The van der Waals surface area contributed by atoms with Gasteiger partial charge in [-0.2, -0.15) is 15.4 Å². The molecule has 0 bridgehead atoms. The highest BCUT2D eigenvalue weighted by atomic mass is 16.2. The van der Waals surface area contributed by atoms with Crippen molar-refractivity contribution in [2.24, 2.45) is 0 Å². The van der Waals surface area contributed by atoms with Gasteiger partial charge in [-0.1, -0.05) is 0 Å². The standard InChI is InChI=1S/C17H25N7O/c1-12-9-13(2)20-17(19-12)23(3)11-15-5-4-8-24(15)16(25)7-6-14-10-18-22-21-14/h9-10,15H,4-8,11H2,1-3H3,(H,18,21,22). The van der Waals surface area contributed by atoms with Crippen LogP contribution in [-0.2, 0) is 11.2 Å². The Balaban J connectivity index is 1.59. The van der Waals surface area contributed by atoms with E-state index in [1.807, 2.05) is 36.8 Å². The number of hydrogen-bond donors (Lipinski definition) is 1. The molecule has 3 rings (SSSR count). The zero-order valence-corrected chi connectivity index (χ0v) is 15.1. The van der Waals surface area contributed by atoms with Gasteiger partial charge < -0.3 is 9.80 Å². The number of carbonyl (C=O) groups excluding carboxylic acids is 1. The lowest BCUT2D eigenvalue weighted by Gasteiger charge is -2.29. The Labute approximate surface area is 147 Å². The summed E-state index contributed by atoms with van der Waals surface area (Å²) in [6, 6.07) is 2.17. The summed E-state index contributed by atoms with van der Waals surface area (Å²) in [6.45, 7) is 5.52. The molecular weight excluding hydrogens is 318 g/mol. The van der Waals surface area contributed by atoms with Gasteiger partial charge in [0.1, 0.15) is 0 Å². The molecule has 1 unspecified atom stereocenters. The van der Waals surface area contributed by atoms with E-state index < -0.39 is 0 Å². The van der Waals surface area contributed by atoms with Crippen LogP contribution in [0.2, 0.25) is 0 Å². The molecule has 3 heterocycles. The molecule has 1 aliphatic rings. The summed E-state index contributed by atoms with van der Waals surface area (Å²) in [5.41, 5.74) is 2.74. The Morgan fingerprint density at radius 2 is 2.12 bits per heavy atom. The van der Waals surface area contributed by atoms with Crippen molar-refractivity contribution >= 4 is 11.9 Å². The van der Waals surface area contributed by atoms with Crippen LogP contribution in [0.1, 0.15) is 36.3 Å². The van der Waals surface area contributed by atoms with Crippen LogP contribution in [0.5, 0.6) is 0 Å². The number of aryl methyl sites for hydroxylation is 3. The lowest BCUT2D eigenvalue weighted by Crippen LogP contribution is -2.42. The minimum absolute atomic E-state index is 0.181. The number of amides is 1. The quantitative estimate of drug-likeness (QED) is 0.849. The van der Waals surface area contributed by atoms with E-state index in [9.17, 15) is 4.79 Å². The van der Waals surface area contributed by atoms with Gasteiger partial charge in [0.25, 0.3) is 0 Å². The Kier molecular flexibility index (Phi) is 5.25. The van der Waals surface area contributed by atoms with E-state index in [2.05, 4.69) is 25.4 Å². The third-order valence-electron chi connectivity index (χ3n) is 4.55. The number of H-pyrrole nitrogens is 1. The maximum absolute atomic E-state index is 12.6. The summed E-state index contributed by atoms with van der Waals surface area (Å²) in [6.07, 6.45) is 4.81. The van der Waals surface area contributed by atoms with E-state index in [0.717, 1.165) is 49.0 Å². The highest BCUT2D eigenvalue weighted by Gasteiger charge is 2.29. The number of carbonyl (C=O) groups is 1. The van der Waals surface area contributed by atoms with E-state index in [1.165, 1.54) is 0 Å². The average Bonchev–Trinajstić information content (AvgIpc) is 3.23. The number of aromatic amines is 1. The molecule has 1 saturated heterocycles. The van der Waals surface area contributed by atoms with Gasteiger partial charge in [0.05, 0.1) is 11.9 Å². The number of likely N-dealkylation sites (tertiary alicyclic amines) is 1. The minimum Gasteiger partial charge on any atom is -0.342 e. The largest absolute Gasteiger partial charge is 0.342 e. The van der Waals surface area contributed by atoms with Crippen LogP contribution in [-0.4, -0.2) is 62.4 Å². The molecule has 1 fully saturated rings. The highest BCUT2D eigenvalue weighted by molar-refractivity contribution is 5.77. The van der Waals surface area contributed by atoms with Crippen LogP contribution in [0.3, 0.4) is 0 Å². The topological polar surface area (TPSA) is 90.9 Å². The number of hydrogen-bond acceptors (Lipinski definition) is 6. The molecule has 1 amide bonds. The normalized spacial score (nSPS) is 17.1. The summed E-state index contributed by atoms with van der Waals surface area (Å²) < 4.78 is 0. The van der Waals surface area contributed by atoms with Gasteiger partial charge in [-0.25, -0.2) is 9.97 Å².